The minimum Gasteiger partial charge on any atom is -1.00 e. The molecule has 0 aromatic heterocycles. The Morgan fingerprint density at radius 1 is 0.864 bits per heavy atom. The Hall–Kier alpha value is -0.0300. The molecule has 0 saturated carbocycles. The Morgan fingerprint density at radius 2 is 1.36 bits per heavy atom. The molecule has 122 valence electrons. The molecule has 0 fully saturated rings. The third kappa shape index (κ3) is 11.5. The second kappa shape index (κ2) is 13.4. The van der Waals surface area contributed by atoms with E-state index in [-0.39, 0.29) is 36.7 Å². The van der Waals surface area contributed by atoms with Crippen LogP contribution in [-0.4, -0.2) is 14.2 Å². The second-order valence-corrected chi connectivity index (χ2v) is 7.18. The fourth-order valence-corrected chi connectivity index (χ4v) is 3.30. The molecule has 1 rings (SSSR count). The molecule has 0 unspecified atom stereocenters. The van der Waals surface area contributed by atoms with Crippen molar-refractivity contribution < 1.29 is 43.6 Å². The summed E-state index contributed by atoms with van der Waals surface area (Å²) in [7, 11) is -3.44. The number of rotatable bonds is 12. The fourth-order valence-electron chi connectivity index (χ4n) is 2.25. The number of hydrogen-bond acceptors (Lipinski definition) is 3. The molecule has 0 atom stereocenters. The van der Waals surface area contributed by atoms with Gasteiger partial charge in [-0.1, -0.05) is 76.5 Å². The van der Waals surface area contributed by atoms with Gasteiger partial charge in [0.15, 0.2) is 0 Å². The topological polar surface area (TPSA) is 43.4 Å². The smallest absolute Gasteiger partial charge is 1.00 e. The molecule has 0 spiro atoms. The molecule has 1 aromatic carbocycles. The van der Waals surface area contributed by atoms with E-state index in [4.69, 9.17) is 4.18 Å². The zero-order chi connectivity index (χ0) is 15.4. The van der Waals surface area contributed by atoms with Crippen LogP contribution in [0.15, 0.2) is 30.3 Å². The fraction of sp³-hybridized carbons (Fsp3) is 0.647. The maximum Gasteiger partial charge on any atom is 1.00 e. The summed E-state index contributed by atoms with van der Waals surface area (Å²) >= 11 is 0. The third-order valence-electron chi connectivity index (χ3n) is 3.46. The largest absolute Gasteiger partial charge is 1.00 e. The molecular formula is C17H29NaO3S. The zero-order valence-electron chi connectivity index (χ0n) is 15.1. The Bertz CT molecular complexity index is 466. The SMILES string of the molecule is CCCCCCCCCCCS(=O)(=O)Oc1ccccc1.[H-].[Na+]. The average Bonchev–Trinajstić information content (AvgIpc) is 2.46. The third-order valence-corrected chi connectivity index (χ3v) is 4.70. The van der Waals surface area contributed by atoms with Crippen molar-refractivity contribution in [1.82, 2.24) is 0 Å². The van der Waals surface area contributed by atoms with Crippen molar-refractivity contribution in [2.75, 3.05) is 5.75 Å². The van der Waals surface area contributed by atoms with Crippen LogP contribution in [0.4, 0.5) is 0 Å². The van der Waals surface area contributed by atoms with Crippen LogP contribution in [0.5, 0.6) is 5.75 Å². The van der Waals surface area contributed by atoms with E-state index in [0.29, 0.717) is 12.2 Å². The van der Waals surface area contributed by atoms with E-state index in [1.165, 1.54) is 38.5 Å². The van der Waals surface area contributed by atoms with Gasteiger partial charge in [-0.15, -0.1) is 0 Å². The van der Waals surface area contributed by atoms with Gasteiger partial charge in [-0.25, -0.2) is 0 Å². The monoisotopic (exact) mass is 336 g/mol. The molecule has 0 aliphatic carbocycles. The first-order chi connectivity index (χ1) is 10.1. The molecule has 5 heteroatoms. The van der Waals surface area contributed by atoms with Gasteiger partial charge in [0.25, 0.3) is 0 Å². The van der Waals surface area contributed by atoms with Crippen LogP contribution in [0.2, 0.25) is 0 Å². The Kier molecular flexibility index (Phi) is 13.4. The summed E-state index contributed by atoms with van der Waals surface area (Å²) in [6.45, 7) is 2.22. The van der Waals surface area contributed by atoms with Gasteiger partial charge >= 0.3 is 39.7 Å². The van der Waals surface area contributed by atoms with E-state index in [1.54, 1.807) is 24.3 Å². The van der Waals surface area contributed by atoms with E-state index >= 15 is 0 Å². The van der Waals surface area contributed by atoms with Crippen molar-refractivity contribution in [3.8, 4) is 5.75 Å². The summed E-state index contributed by atoms with van der Waals surface area (Å²) in [5, 5.41) is 0. The number of hydrogen-bond donors (Lipinski definition) is 0. The average molecular weight is 336 g/mol. The molecule has 0 bridgehead atoms. The normalized spacial score (nSPS) is 11.0. The summed E-state index contributed by atoms with van der Waals surface area (Å²) in [5.41, 5.74) is 0. The van der Waals surface area contributed by atoms with E-state index < -0.39 is 10.1 Å². The van der Waals surface area contributed by atoms with Crippen molar-refractivity contribution >= 4 is 10.1 Å². The number of unbranched alkanes of at least 4 members (excludes halogenated alkanes) is 8. The molecule has 1 aromatic rings. The molecule has 0 N–H and O–H groups in total. The molecule has 0 saturated heterocycles. The van der Waals surface area contributed by atoms with Crippen LogP contribution in [0.25, 0.3) is 0 Å². The van der Waals surface area contributed by atoms with Crippen LogP contribution in [0.3, 0.4) is 0 Å². The number of benzene rings is 1. The van der Waals surface area contributed by atoms with E-state index in [0.717, 1.165) is 12.8 Å². The van der Waals surface area contributed by atoms with Crippen molar-refractivity contribution in [2.45, 2.75) is 64.7 Å². The van der Waals surface area contributed by atoms with Gasteiger partial charge in [0, 0.05) is 0 Å². The number of para-hydroxylation sites is 1. The van der Waals surface area contributed by atoms with Gasteiger partial charge in [-0.3, -0.25) is 0 Å². The second-order valence-electron chi connectivity index (χ2n) is 5.49. The van der Waals surface area contributed by atoms with E-state index in [2.05, 4.69) is 6.92 Å². The maximum absolute atomic E-state index is 11.8. The van der Waals surface area contributed by atoms with Crippen LogP contribution < -0.4 is 33.7 Å². The van der Waals surface area contributed by atoms with Gasteiger partial charge in [0.05, 0.1) is 5.75 Å². The van der Waals surface area contributed by atoms with Crippen molar-refractivity contribution in [2.24, 2.45) is 0 Å². The van der Waals surface area contributed by atoms with Crippen LogP contribution in [-0.2, 0) is 10.1 Å². The summed E-state index contributed by atoms with van der Waals surface area (Å²) in [4.78, 5) is 0. The standard InChI is InChI=1S/C17H28O3S.Na.H/c1-2-3-4-5-6-7-8-9-13-16-21(18,19)20-17-14-11-10-12-15-17;;/h10-12,14-15H,2-9,13,16H2,1H3;;/q;+1;-1. The summed E-state index contributed by atoms with van der Waals surface area (Å²) < 4.78 is 28.6. The van der Waals surface area contributed by atoms with Crippen molar-refractivity contribution in [3.63, 3.8) is 0 Å². The van der Waals surface area contributed by atoms with Gasteiger partial charge < -0.3 is 5.61 Å². The molecule has 0 heterocycles. The summed E-state index contributed by atoms with van der Waals surface area (Å²) in [6.07, 6.45) is 10.5. The molecule has 3 nitrogen and oxygen atoms in total. The predicted octanol–water partition coefficient (Wildman–Crippen LogP) is 2.04. The molecule has 22 heavy (non-hydrogen) atoms. The minimum absolute atomic E-state index is 0. The summed E-state index contributed by atoms with van der Waals surface area (Å²) in [5.74, 6) is 0.506. The van der Waals surface area contributed by atoms with E-state index in [1.807, 2.05) is 6.07 Å². The zero-order valence-corrected chi connectivity index (χ0v) is 16.9. The maximum atomic E-state index is 11.8. The minimum atomic E-state index is -3.44. The van der Waals surface area contributed by atoms with Crippen LogP contribution in [0, 0.1) is 0 Å². The Morgan fingerprint density at radius 3 is 1.91 bits per heavy atom. The first-order valence-corrected chi connectivity index (χ1v) is 9.69. The molecule has 0 aliphatic heterocycles. The molecule has 0 aliphatic rings. The Balaban J connectivity index is 0. The quantitative estimate of drug-likeness (QED) is 0.333. The van der Waals surface area contributed by atoms with Crippen LogP contribution in [0.1, 0.15) is 66.1 Å². The predicted molar refractivity (Wildman–Crippen MR) is 89.2 cm³/mol. The van der Waals surface area contributed by atoms with Gasteiger partial charge in [0.1, 0.15) is 5.75 Å². The van der Waals surface area contributed by atoms with Crippen LogP contribution >= 0.6 is 0 Å². The Labute approximate surface area is 159 Å². The summed E-state index contributed by atoms with van der Waals surface area (Å²) in [6, 6.07) is 8.69. The molecule has 0 amide bonds. The van der Waals surface area contributed by atoms with Gasteiger partial charge in [0.2, 0.25) is 0 Å². The first kappa shape index (κ1) is 22.0. The first-order valence-electron chi connectivity index (χ1n) is 8.11. The van der Waals surface area contributed by atoms with E-state index in [9.17, 15) is 8.42 Å². The van der Waals surface area contributed by atoms with Gasteiger partial charge in [-0.2, -0.15) is 8.42 Å². The van der Waals surface area contributed by atoms with Crippen molar-refractivity contribution in [3.05, 3.63) is 30.3 Å². The molecule has 0 radical (unpaired) electrons. The van der Waals surface area contributed by atoms with Crippen molar-refractivity contribution in [1.29, 1.82) is 0 Å². The molecular weight excluding hydrogens is 307 g/mol. The van der Waals surface area contributed by atoms with Gasteiger partial charge in [-0.05, 0) is 18.6 Å².